The number of para-hydroxylation sites is 1. The van der Waals surface area contributed by atoms with E-state index >= 15 is 0 Å². The van der Waals surface area contributed by atoms with Crippen LogP contribution in [0.1, 0.15) is 27.3 Å². The third-order valence-corrected chi connectivity index (χ3v) is 6.20. The van der Waals surface area contributed by atoms with Crippen LogP contribution in [0.2, 0.25) is 0 Å². The molecule has 5 rings (SSSR count). The van der Waals surface area contributed by atoms with Gasteiger partial charge in [-0.2, -0.15) is 13.2 Å². The molecule has 0 radical (unpaired) electrons. The van der Waals surface area contributed by atoms with Crippen molar-refractivity contribution in [3.05, 3.63) is 76.9 Å². The first kappa shape index (κ1) is 24.8. The molecular formula is C25H23F4N7O. The minimum atomic E-state index is -4.90. The van der Waals surface area contributed by atoms with Gasteiger partial charge in [0.15, 0.2) is 11.4 Å². The molecule has 192 valence electrons. The minimum absolute atomic E-state index is 0.0367. The average Bonchev–Trinajstić information content (AvgIpc) is 3.32. The number of pyridine rings is 1. The van der Waals surface area contributed by atoms with Crippen LogP contribution in [0.4, 0.5) is 23.4 Å². The molecule has 2 N–H and O–H groups in total. The number of nitrogens with one attached hydrogen (secondary N) is 2. The molecule has 0 saturated carbocycles. The van der Waals surface area contributed by atoms with E-state index in [4.69, 9.17) is 0 Å². The van der Waals surface area contributed by atoms with E-state index in [1.54, 1.807) is 37.3 Å². The van der Waals surface area contributed by atoms with Crippen molar-refractivity contribution in [2.45, 2.75) is 19.6 Å². The summed E-state index contributed by atoms with van der Waals surface area (Å²) in [6.07, 6.45) is -4.90. The number of benzene rings is 2. The summed E-state index contributed by atoms with van der Waals surface area (Å²) in [5, 5.41) is 13.4. The molecule has 2 aromatic carbocycles. The highest BCUT2D eigenvalue weighted by Crippen LogP contribution is 2.33. The highest BCUT2D eigenvalue weighted by Gasteiger charge is 2.42. The maximum atomic E-state index is 14.8. The maximum absolute atomic E-state index is 14.8. The summed E-state index contributed by atoms with van der Waals surface area (Å²) in [6, 6.07) is 12.4. The van der Waals surface area contributed by atoms with Crippen molar-refractivity contribution in [2.75, 3.05) is 31.5 Å². The number of piperazine rings is 1. The van der Waals surface area contributed by atoms with Crippen molar-refractivity contribution >= 4 is 22.6 Å². The summed E-state index contributed by atoms with van der Waals surface area (Å²) in [7, 11) is 0. The van der Waals surface area contributed by atoms with Crippen LogP contribution in [0.15, 0.2) is 48.5 Å². The predicted octanol–water partition coefficient (Wildman–Crippen LogP) is 3.94. The highest BCUT2D eigenvalue weighted by molar-refractivity contribution is 6.03. The van der Waals surface area contributed by atoms with E-state index in [-0.39, 0.29) is 17.0 Å². The number of nitrogens with zero attached hydrogens (tertiary/aromatic N) is 5. The highest BCUT2D eigenvalue weighted by atomic mass is 19.4. The Morgan fingerprint density at radius 1 is 1.11 bits per heavy atom. The first-order valence-electron chi connectivity index (χ1n) is 11.6. The van der Waals surface area contributed by atoms with Crippen LogP contribution in [0.5, 0.6) is 0 Å². The Labute approximate surface area is 209 Å². The van der Waals surface area contributed by atoms with Crippen LogP contribution >= 0.6 is 0 Å². The number of hydrogen-bond acceptors (Lipinski definition) is 6. The fourth-order valence-electron chi connectivity index (χ4n) is 4.33. The Morgan fingerprint density at radius 2 is 1.86 bits per heavy atom. The van der Waals surface area contributed by atoms with E-state index in [1.807, 2.05) is 0 Å². The SMILES string of the molecule is Cc1ccccc1-n1nnc(C(=O)Nc2ccc3cc(CN4CCNCC4)c(F)cc3n2)c1C(F)(F)F. The number of rotatable bonds is 5. The van der Waals surface area contributed by atoms with Crippen LogP contribution in [0.3, 0.4) is 0 Å². The van der Waals surface area contributed by atoms with Gasteiger partial charge < -0.3 is 10.6 Å². The van der Waals surface area contributed by atoms with Gasteiger partial charge in [0.1, 0.15) is 11.6 Å². The van der Waals surface area contributed by atoms with Crippen LogP contribution in [-0.2, 0) is 12.7 Å². The number of carbonyl (C=O) groups excluding carboxylic acids is 1. The number of aromatic nitrogens is 4. The Bertz CT molecular complexity index is 1460. The number of carbonyl (C=O) groups is 1. The second-order valence-corrected chi connectivity index (χ2v) is 8.80. The smallest absolute Gasteiger partial charge is 0.314 e. The third kappa shape index (κ3) is 5.16. The molecule has 4 aromatic rings. The molecular weight excluding hydrogens is 490 g/mol. The van der Waals surface area contributed by atoms with E-state index in [2.05, 4.69) is 30.8 Å². The molecule has 2 aromatic heterocycles. The van der Waals surface area contributed by atoms with E-state index < -0.39 is 29.3 Å². The summed E-state index contributed by atoms with van der Waals surface area (Å²) >= 11 is 0. The molecule has 3 heterocycles. The molecule has 1 saturated heterocycles. The summed E-state index contributed by atoms with van der Waals surface area (Å²) in [6.45, 7) is 5.40. The lowest BCUT2D eigenvalue weighted by atomic mass is 10.1. The van der Waals surface area contributed by atoms with Gasteiger partial charge in [-0.05, 0) is 36.8 Å². The van der Waals surface area contributed by atoms with Crippen LogP contribution in [-0.4, -0.2) is 57.0 Å². The molecule has 1 aliphatic heterocycles. The van der Waals surface area contributed by atoms with Crippen molar-refractivity contribution in [1.82, 2.24) is 30.2 Å². The fraction of sp³-hybridized carbons (Fsp3) is 0.280. The minimum Gasteiger partial charge on any atom is -0.314 e. The second kappa shape index (κ2) is 9.87. The van der Waals surface area contributed by atoms with Crippen LogP contribution < -0.4 is 10.6 Å². The molecule has 8 nitrogen and oxygen atoms in total. The Morgan fingerprint density at radius 3 is 2.59 bits per heavy atom. The number of anilines is 1. The normalized spacial score (nSPS) is 14.7. The van der Waals surface area contributed by atoms with E-state index in [0.717, 1.165) is 26.2 Å². The topological polar surface area (TPSA) is 88.0 Å². The van der Waals surface area contributed by atoms with Crippen molar-refractivity contribution in [3.63, 3.8) is 0 Å². The summed E-state index contributed by atoms with van der Waals surface area (Å²) in [5.74, 6) is -1.61. The molecule has 1 aliphatic rings. The van der Waals surface area contributed by atoms with Gasteiger partial charge >= 0.3 is 6.18 Å². The maximum Gasteiger partial charge on any atom is 0.435 e. The zero-order chi connectivity index (χ0) is 26.2. The standard InChI is InChI=1S/C25H23F4N7O/c1-15-4-2-3-5-20(15)36-23(25(27,28)29)22(33-34-36)24(37)32-21-7-6-16-12-17(18(26)13-19(16)31-21)14-35-10-8-30-9-11-35/h2-7,12-13,30H,8-11,14H2,1H3,(H,31,32,37). The van der Waals surface area contributed by atoms with Gasteiger partial charge in [-0.15, -0.1) is 5.10 Å². The lowest BCUT2D eigenvalue weighted by molar-refractivity contribution is -0.143. The lowest BCUT2D eigenvalue weighted by Crippen LogP contribution is -2.43. The van der Waals surface area contributed by atoms with E-state index in [0.29, 0.717) is 27.7 Å². The Balaban J connectivity index is 1.42. The van der Waals surface area contributed by atoms with Gasteiger partial charge in [0.25, 0.3) is 5.91 Å². The third-order valence-electron chi connectivity index (χ3n) is 6.20. The number of hydrogen-bond donors (Lipinski definition) is 2. The number of aryl methyl sites for hydroxylation is 1. The summed E-state index contributed by atoms with van der Waals surface area (Å²) in [4.78, 5) is 19.2. The molecule has 37 heavy (non-hydrogen) atoms. The second-order valence-electron chi connectivity index (χ2n) is 8.80. The van der Waals surface area contributed by atoms with E-state index in [1.165, 1.54) is 18.2 Å². The van der Waals surface area contributed by atoms with Crippen LogP contribution in [0.25, 0.3) is 16.6 Å². The first-order valence-corrected chi connectivity index (χ1v) is 11.6. The molecule has 1 fully saturated rings. The van der Waals surface area contributed by atoms with Crippen molar-refractivity contribution in [1.29, 1.82) is 0 Å². The Hall–Kier alpha value is -3.90. The zero-order valence-electron chi connectivity index (χ0n) is 19.8. The largest absolute Gasteiger partial charge is 0.435 e. The molecule has 12 heteroatoms. The van der Waals surface area contributed by atoms with Crippen molar-refractivity contribution in [3.8, 4) is 5.69 Å². The zero-order valence-corrected chi connectivity index (χ0v) is 19.8. The van der Waals surface area contributed by atoms with Gasteiger partial charge in [0.05, 0.1) is 11.2 Å². The molecule has 1 amide bonds. The van der Waals surface area contributed by atoms with Crippen LogP contribution in [0, 0.1) is 12.7 Å². The molecule has 0 atom stereocenters. The molecule has 0 unspecified atom stereocenters. The predicted molar refractivity (Wildman–Crippen MR) is 129 cm³/mol. The average molecular weight is 513 g/mol. The van der Waals surface area contributed by atoms with Gasteiger partial charge in [0.2, 0.25) is 0 Å². The van der Waals surface area contributed by atoms with E-state index in [9.17, 15) is 22.4 Å². The summed E-state index contributed by atoms with van der Waals surface area (Å²) in [5.41, 5.74) is -0.731. The molecule has 0 aliphatic carbocycles. The quantitative estimate of drug-likeness (QED) is 0.393. The summed E-state index contributed by atoms with van der Waals surface area (Å²) < 4.78 is 57.3. The van der Waals surface area contributed by atoms with Crippen molar-refractivity contribution < 1.29 is 22.4 Å². The number of alkyl halides is 3. The number of amides is 1. The molecule has 0 spiro atoms. The number of fused-ring (bicyclic) bond motifs is 1. The molecule has 0 bridgehead atoms. The Kier molecular flexibility index (Phi) is 6.61. The van der Waals surface area contributed by atoms with Gasteiger partial charge in [0, 0.05) is 49.7 Å². The van der Waals surface area contributed by atoms with Gasteiger partial charge in [-0.1, -0.05) is 23.4 Å². The van der Waals surface area contributed by atoms with Gasteiger partial charge in [-0.25, -0.2) is 14.1 Å². The monoisotopic (exact) mass is 513 g/mol. The van der Waals surface area contributed by atoms with Crippen molar-refractivity contribution in [2.24, 2.45) is 0 Å². The van der Waals surface area contributed by atoms with Gasteiger partial charge in [-0.3, -0.25) is 9.69 Å². The fourth-order valence-corrected chi connectivity index (χ4v) is 4.33. The first-order chi connectivity index (χ1) is 17.7. The number of halogens is 4. The lowest BCUT2D eigenvalue weighted by Gasteiger charge is -2.27.